The monoisotopic (exact) mass is 207 g/mol. The zero-order chi connectivity index (χ0) is 11.9. The maximum absolute atomic E-state index is 4.43. The Balaban J connectivity index is 4.75. The van der Waals surface area contributed by atoms with Gasteiger partial charge in [-0.2, -0.15) is 0 Å². The highest BCUT2D eigenvalue weighted by molar-refractivity contribution is 5.55. The van der Waals surface area contributed by atoms with Gasteiger partial charge >= 0.3 is 0 Å². The van der Waals surface area contributed by atoms with Crippen molar-refractivity contribution in [3.63, 3.8) is 0 Å². The second-order valence-electron chi connectivity index (χ2n) is 5.08. The van der Waals surface area contributed by atoms with Crippen LogP contribution >= 0.6 is 0 Å². The van der Waals surface area contributed by atoms with Gasteiger partial charge in [0, 0.05) is 17.8 Å². The molecule has 0 amide bonds. The van der Waals surface area contributed by atoms with Gasteiger partial charge in [-0.15, -0.1) is 0 Å². The van der Waals surface area contributed by atoms with Crippen molar-refractivity contribution in [1.29, 1.82) is 0 Å². The van der Waals surface area contributed by atoms with Gasteiger partial charge < -0.3 is 0 Å². The van der Waals surface area contributed by atoms with Crippen LogP contribution in [0.25, 0.3) is 0 Å². The van der Waals surface area contributed by atoms with Crippen molar-refractivity contribution in [3.05, 3.63) is 24.4 Å². The molecule has 0 aromatic rings. The van der Waals surface area contributed by atoms with E-state index >= 15 is 0 Å². The molecule has 0 saturated carbocycles. The molecule has 0 aromatic carbocycles. The summed E-state index contributed by atoms with van der Waals surface area (Å²) in [6.45, 7) is 14.7. The van der Waals surface area contributed by atoms with Gasteiger partial charge in [-0.1, -0.05) is 40.3 Å². The largest absolute Gasteiger partial charge is 0.266 e. The predicted molar refractivity (Wildman–Crippen MR) is 70.3 cm³/mol. The van der Waals surface area contributed by atoms with Gasteiger partial charge in [-0.25, -0.2) is 0 Å². The van der Waals surface area contributed by atoms with E-state index in [9.17, 15) is 0 Å². The van der Waals surface area contributed by atoms with Crippen LogP contribution in [-0.4, -0.2) is 6.21 Å². The van der Waals surface area contributed by atoms with E-state index in [4.69, 9.17) is 0 Å². The number of rotatable bonds is 5. The lowest BCUT2D eigenvalue weighted by Crippen LogP contribution is -2.14. The minimum atomic E-state index is 0.351. The lowest BCUT2D eigenvalue weighted by atomic mass is 9.82. The molecule has 15 heavy (non-hydrogen) atoms. The lowest BCUT2D eigenvalue weighted by Gasteiger charge is -2.25. The van der Waals surface area contributed by atoms with Crippen LogP contribution in [0.1, 0.15) is 47.5 Å². The third-order valence-electron chi connectivity index (χ3n) is 2.34. The Morgan fingerprint density at radius 2 is 2.00 bits per heavy atom. The minimum absolute atomic E-state index is 0.351. The molecule has 1 nitrogen and oxygen atoms in total. The summed E-state index contributed by atoms with van der Waals surface area (Å²) in [5.41, 5.74) is 1.51. The highest BCUT2D eigenvalue weighted by atomic mass is 14.7. The van der Waals surface area contributed by atoms with Crippen molar-refractivity contribution in [2.75, 3.05) is 0 Å². The molecule has 0 radical (unpaired) electrons. The Bertz CT molecular complexity index is 241. The molecule has 86 valence electrons. The van der Waals surface area contributed by atoms with Crippen molar-refractivity contribution >= 4 is 6.21 Å². The van der Waals surface area contributed by atoms with Crippen LogP contribution in [-0.2, 0) is 0 Å². The molecule has 0 aromatic heterocycles. The summed E-state index contributed by atoms with van der Waals surface area (Å²) in [7, 11) is 0. The summed E-state index contributed by atoms with van der Waals surface area (Å²) >= 11 is 0. The summed E-state index contributed by atoms with van der Waals surface area (Å²) in [6.07, 6.45) is 8.02. The van der Waals surface area contributed by atoms with Gasteiger partial charge in [-0.05, 0) is 31.3 Å². The maximum Gasteiger partial charge on any atom is 0.0430 e. The van der Waals surface area contributed by atoms with Gasteiger partial charge in [-0.3, -0.25) is 4.99 Å². The molecule has 0 bridgehead atoms. The van der Waals surface area contributed by atoms with E-state index < -0.39 is 0 Å². The Hall–Kier alpha value is -0.850. The first kappa shape index (κ1) is 14.2. The fraction of sp³-hybridized carbons (Fsp3) is 0.643. The van der Waals surface area contributed by atoms with Crippen LogP contribution in [0.3, 0.4) is 0 Å². The average Bonchev–Trinajstić information content (AvgIpc) is 2.12. The molecule has 0 aliphatic rings. The second kappa shape index (κ2) is 6.60. The highest BCUT2D eigenvalue weighted by Crippen LogP contribution is 2.31. The summed E-state index contributed by atoms with van der Waals surface area (Å²) < 4.78 is 0. The van der Waals surface area contributed by atoms with E-state index in [-0.39, 0.29) is 0 Å². The van der Waals surface area contributed by atoms with Gasteiger partial charge in [0.2, 0.25) is 0 Å². The Labute approximate surface area is 95.0 Å². The molecular weight excluding hydrogens is 182 g/mol. The van der Waals surface area contributed by atoms with Gasteiger partial charge in [0.05, 0.1) is 0 Å². The standard InChI is InChI=1S/C14H25N/c1-7-10-13(15-9-3)12(8-2)11-14(4,5)6/h7,9-10,12H,1,8,11H2,2-6H3/b13-10-,15-9?. The van der Waals surface area contributed by atoms with Gasteiger partial charge in [0.1, 0.15) is 0 Å². The third-order valence-corrected chi connectivity index (χ3v) is 2.34. The van der Waals surface area contributed by atoms with Crippen molar-refractivity contribution in [2.45, 2.75) is 47.5 Å². The lowest BCUT2D eigenvalue weighted by molar-refractivity contribution is 0.311. The fourth-order valence-electron chi connectivity index (χ4n) is 1.75. The Kier molecular flexibility index (Phi) is 6.23. The molecule has 1 atom stereocenters. The van der Waals surface area contributed by atoms with Crippen LogP contribution in [0, 0.1) is 11.3 Å². The van der Waals surface area contributed by atoms with Crippen LogP contribution < -0.4 is 0 Å². The molecule has 0 aliphatic heterocycles. The summed E-state index contributed by atoms with van der Waals surface area (Å²) in [5.74, 6) is 0.541. The zero-order valence-corrected chi connectivity index (χ0v) is 10.9. The number of aliphatic imine (C=N–C) groups is 1. The van der Waals surface area contributed by atoms with E-state index in [1.165, 1.54) is 6.42 Å². The molecule has 0 spiro atoms. The van der Waals surface area contributed by atoms with Crippen LogP contribution in [0.2, 0.25) is 0 Å². The second-order valence-corrected chi connectivity index (χ2v) is 5.08. The van der Waals surface area contributed by atoms with E-state index in [0.29, 0.717) is 11.3 Å². The minimum Gasteiger partial charge on any atom is -0.266 e. The van der Waals surface area contributed by atoms with Crippen LogP contribution in [0.5, 0.6) is 0 Å². The van der Waals surface area contributed by atoms with Gasteiger partial charge in [0.15, 0.2) is 0 Å². The summed E-state index contributed by atoms with van der Waals surface area (Å²) in [5, 5.41) is 0. The van der Waals surface area contributed by atoms with E-state index in [1.54, 1.807) is 0 Å². The zero-order valence-electron chi connectivity index (χ0n) is 10.9. The Morgan fingerprint density at radius 3 is 2.33 bits per heavy atom. The third kappa shape index (κ3) is 6.27. The molecule has 0 saturated heterocycles. The number of allylic oxidation sites excluding steroid dienone is 3. The number of hydrogen-bond acceptors (Lipinski definition) is 1. The number of nitrogens with zero attached hydrogens (tertiary/aromatic N) is 1. The van der Waals surface area contributed by atoms with Crippen molar-refractivity contribution < 1.29 is 0 Å². The van der Waals surface area contributed by atoms with E-state index in [1.807, 2.05) is 25.3 Å². The Morgan fingerprint density at radius 1 is 1.40 bits per heavy atom. The van der Waals surface area contributed by atoms with Crippen LogP contribution in [0.4, 0.5) is 0 Å². The number of hydrogen-bond donors (Lipinski definition) is 0. The van der Waals surface area contributed by atoms with Gasteiger partial charge in [0.25, 0.3) is 0 Å². The first-order chi connectivity index (χ1) is 6.94. The molecule has 0 fully saturated rings. The topological polar surface area (TPSA) is 12.4 Å². The quantitative estimate of drug-likeness (QED) is 0.461. The van der Waals surface area contributed by atoms with Crippen molar-refractivity contribution in [3.8, 4) is 0 Å². The predicted octanol–water partition coefficient (Wildman–Crippen LogP) is 4.61. The first-order valence-electron chi connectivity index (χ1n) is 5.76. The maximum atomic E-state index is 4.43. The molecular formula is C14H25N. The van der Waals surface area contributed by atoms with E-state index in [0.717, 1.165) is 12.1 Å². The SMILES string of the molecule is C=C/C=C(\N=CC)C(CC)CC(C)(C)C. The smallest absolute Gasteiger partial charge is 0.0430 e. The molecule has 0 aliphatic carbocycles. The molecule has 1 heteroatoms. The molecule has 0 rings (SSSR count). The average molecular weight is 207 g/mol. The normalized spacial score (nSPS) is 15.7. The molecule has 1 unspecified atom stereocenters. The highest BCUT2D eigenvalue weighted by Gasteiger charge is 2.19. The summed E-state index contributed by atoms with van der Waals surface area (Å²) in [6, 6.07) is 0. The first-order valence-corrected chi connectivity index (χ1v) is 5.76. The van der Waals surface area contributed by atoms with E-state index in [2.05, 4.69) is 39.3 Å². The van der Waals surface area contributed by atoms with Crippen molar-refractivity contribution in [1.82, 2.24) is 0 Å². The molecule has 0 N–H and O–H groups in total. The fourth-order valence-corrected chi connectivity index (χ4v) is 1.75. The van der Waals surface area contributed by atoms with Crippen LogP contribution in [0.15, 0.2) is 29.4 Å². The van der Waals surface area contributed by atoms with Crippen molar-refractivity contribution in [2.24, 2.45) is 16.3 Å². The summed E-state index contributed by atoms with van der Waals surface area (Å²) in [4.78, 5) is 4.43. The molecule has 0 heterocycles.